The molecule has 0 saturated heterocycles. The Balaban J connectivity index is 3.07. The van der Waals surface area contributed by atoms with E-state index in [9.17, 15) is 10.1 Å². The minimum absolute atomic E-state index is 0.00884. The van der Waals surface area contributed by atoms with Crippen LogP contribution in [-0.2, 0) is 0 Å². The Kier molecular flexibility index (Phi) is 1.77. The Morgan fingerprint density at radius 1 is 1.80 bits per heavy atom. The van der Waals surface area contributed by atoms with Gasteiger partial charge < -0.3 is 10.1 Å². The summed E-state index contributed by atoms with van der Waals surface area (Å²) in [6.45, 7) is 0. The van der Waals surface area contributed by atoms with Gasteiger partial charge in [-0.05, 0) is 21.5 Å². The zero-order valence-electron chi connectivity index (χ0n) is 4.61. The van der Waals surface area contributed by atoms with Gasteiger partial charge in [-0.15, -0.1) is 0 Å². The van der Waals surface area contributed by atoms with E-state index in [1.807, 2.05) is 0 Å². The van der Waals surface area contributed by atoms with Gasteiger partial charge in [-0.1, -0.05) is 0 Å². The highest BCUT2D eigenvalue weighted by molar-refractivity contribution is 6.29. The minimum atomic E-state index is -0.709. The number of rotatable bonds is 1. The molecule has 0 aliphatic heterocycles. The van der Waals surface area contributed by atoms with Gasteiger partial charge in [0, 0.05) is 0 Å². The molecule has 6 heteroatoms. The molecule has 0 aliphatic rings. The number of halogens is 1. The summed E-state index contributed by atoms with van der Waals surface area (Å²) in [5, 5.41) is 9.96. The topological polar surface area (TPSA) is 68.9 Å². The lowest BCUT2D eigenvalue weighted by molar-refractivity contribution is -0.390. The molecular weight excluding hydrogens is 158 g/mol. The second kappa shape index (κ2) is 2.57. The quantitative estimate of drug-likeness (QED) is 0.449. The summed E-state index contributed by atoms with van der Waals surface area (Å²) < 4.78 is 0. The monoisotopic (exact) mass is 158 g/mol. The molecule has 5 nitrogen and oxygen atoms in total. The van der Waals surface area contributed by atoms with Gasteiger partial charge in [0.2, 0.25) is 0 Å². The molecular formula is C4HClN3O2. The van der Waals surface area contributed by atoms with Crippen molar-refractivity contribution in [2.75, 3.05) is 0 Å². The van der Waals surface area contributed by atoms with E-state index < -0.39 is 10.7 Å². The number of nitro groups is 1. The molecule has 0 spiro atoms. The predicted molar refractivity (Wildman–Crippen MR) is 32.5 cm³/mol. The van der Waals surface area contributed by atoms with Crippen LogP contribution < -0.4 is 0 Å². The normalized spacial score (nSPS) is 9.30. The van der Waals surface area contributed by atoms with Crippen molar-refractivity contribution in [2.45, 2.75) is 0 Å². The van der Waals surface area contributed by atoms with Crippen LogP contribution in [0.4, 0.5) is 5.82 Å². The third-order valence-electron chi connectivity index (χ3n) is 0.721. The molecule has 0 fully saturated rings. The first-order valence-electron chi connectivity index (χ1n) is 2.25. The summed E-state index contributed by atoms with van der Waals surface area (Å²) in [6.07, 6.45) is 3.24. The van der Waals surface area contributed by atoms with E-state index in [-0.39, 0.29) is 5.15 Å². The molecule has 1 rings (SSSR count). The van der Waals surface area contributed by atoms with E-state index in [1.54, 1.807) is 0 Å². The van der Waals surface area contributed by atoms with Crippen LogP contribution >= 0.6 is 11.6 Å². The molecule has 10 heavy (non-hydrogen) atoms. The molecule has 1 heterocycles. The fourth-order valence-electron chi connectivity index (χ4n) is 0.380. The Morgan fingerprint density at radius 2 is 2.50 bits per heavy atom. The van der Waals surface area contributed by atoms with Gasteiger partial charge in [-0.3, -0.25) is 0 Å². The zero-order valence-corrected chi connectivity index (χ0v) is 5.37. The lowest BCUT2D eigenvalue weighted by Gasteiger charge is -1.87. The van der Waals surface area contributed by atoms with Gasteiger partial charge in [-0.2, -0.15) is 0 Å². The fraction of sp³-hybridized carbons (Fsp3) is 0. The van der Waals surface area contributed by atoms with E-state index in [0.29, 0.717) is 0 Å². The van der Waals surface area contributed by atoms with Crippen molar-refractivity contribution in [1.82, 2.24) is 9.97 Å². The molecule has 0 atom stereocenters. The van der Waals surface area contributed by atoms with Gasteiger partial charge in [0.15, 0.2) is 6.20 Å². The van der Waals surface area contributed by atoms with E-state index in [1.165, 1.54) is 6.20 Å². The molecule has 0 saturated carbocycles. The van der Waals surface area contributed by atoms with Crippen molar-refractivity contribution < 1.29 is 4.92 Å². The molecule has 1 aromatic rings. The smallest absolute Gasteiger partial charge is 0.358 e. The highest BCUT2D eigenvalue weighted by Gasteiger charge is 2.08. The van der Waals surface area contributed by atoms with Crippen molar-refractivity contribution >= 4 is 17.4 Å². The number of nitrogens with zero attached hydrogens (tertiary/aromatic N) is 3. The molecule has 0 N–H and O–H groups in total. The minimum Gasteiger partial charge on any atom is -0.358 e. The zero-order chi connectivity index (χ0) is 7.56. The Bertz CT molecular complexity index is 264. The summed E-state index contributed by atoms with van der Waals surface area (Å²) in [5.74, 6) is -0.465. The summed E-state index contributed by atoms with van der Waals surface area (Å²) >= 11 is 5.29. The van der Waals surface area contributed by atoms with Crippen LogP contribution in [0.2, 0.25) is 5.15 Å². The van der Waals surface area contributed by atoms with Crippen molar-refractivity contribution in [3.05, 3.63) is 27.7 Å². The van der Waals surface area contributed by atoms with Crippen molar-refractivity contribution in [2.24, 2.45) is 0 Å². The molecule has 0 bridgehead atoms. The summed E-state index contributed by atoms with van der Waals surface area (Å²) in [5.41, 5.74) is 0. The predicted octanol–water partition coefficient (Wildman–Crippen LogP) is 0.838. The molecule has 1 radical (unpaired) electrons. The van der Waals surface area contributed by atoms with Gasteiger partial charge >= 0.3 is 5.82 Å². The first kappa shape index (κ1) is 6.88. The first-order chi connectivity index (χ1) is 4.70. The second-order valence-electron chi connectivity index (χ2n) is 1.39. The summed E-state index contributed by atoms with van der Waals surface area (Å²) in [4.78, 5) is 15.9. The van der Waals surface area contributed by atoms with Crippen LogP contribution in [0.15, 0.2) is 6.20 Å². The molecule has 0 aliphatic carbocycles. The highest BCUT2D eigenvalue weighted by atomic mass is 35.5. The third kappa shape index (κ3) is 1.38. The molecule has 0 amide bonds. The Labute approximate surface area is 60.8 Å². The summed E-state index contributed by atoms with van der Waals surface area (Å²) in [7, 11) is 0. The average Bonchev–Trinajstić information content (AvgIpc) is 1.88. The van der Waals surface area contributed by atoms with Crippen molar-refractivity contribution in [3.63, 3.8) is 0 Å². The van der Waals surface area contributed by atoms with Crippen LogP contribution in [0.3, 0.4) is 0 Å². The van der Waals surface area contributed by atoms with Gasteiger partial charge in [0.25, 0.3) is 5.15 Å². The van der Waals surface area contributed by atoms with Gasteiger partial charge in [0.05, 0.1) is 6.20 Å². The third-order valence-corrected chi connectivity index (χ3v) is 0.903. The van der Waals surface area contributed by atoms with Crippen LogP contribution in [-0.4, -0.2) is 14.9 Å². The SMILES string of the molecule is O=[N+]([O-])c1[c]ncc(Cl)n1. The highest BCUT2D eigenvalue weighted by Crippen LogP contribution is 2.07. The number of aromatic nitrogens is 2. The Morgan fingerprint density at radius 3 is 2.90 bits per heavy atom. The number of hydrogen-bond donors (Lipinski definition) is 0. The molecule has 51 valence electrons. The van der Waals surface area contributed by atoms with E-state index in [4.69, 9.17) is 11.6 Å². The van der Waals surface area contributed by atoms with Crippen molar-refractivity contribution in [1.29, 1.82) is 0 Å². The second-order valence-corrected chi connectivity index (χ2v) is 1.77. The maximum Gasteiger partial charge on any atom is 0.393 e. The van der Waals surface area contributed by atoms with Crippen LogP contribution in [0.25, 0.3) is 0 Å². The van der Waals surface area contributed by atoms with E-state index >= 15 is 0 Å². The van der Waals surface area contributed by atoms with Crippen LogP contribution in [0, 0.1) is 16.3 Å². The summed E-state index contributed by atoms with van der Waals surface area (Å²) in [6, 6.07) is 0. The van der Waals surface area contributed by atoms with E-state index in [2.05, 4.69) is 16.2 Å². The lowest BCUT2D eigenvalue weighted by Crippen LogP contribution is -1.92. The molecule has 0 unspecified atom stereocenters. The first-order valence-corrected chi connectivity index (χ1v) is 2.62. The van der Waals surface area contributed by atoms with E-state index in [0.717, 1.165) is 0 Å². The maximum atomic E-state index is 9.97. The van der Waals surface area contributed by atoms with Crippen molar-refractivity contribution in [3.8, 4) is 0 Å². The van der Waals surface area contributed by atoms with Crippen LogP contribution in [0.1, 0.15) is 0 Å². The largest absolute Gasteiger partial charge is 0.393 e. The van der Waals surface area contributed by atoms with Crippen LogP contribution in [0.5, 0.6) is 0 Å². The maximum absolute atomic E-state index is 9.97. The van der Waals surface area contributed by atoms with Gasteiger partial charge in [-0.25, -0.2) is 4.98 Å². The number of hydrogen-bond acceptors (Lipinski definition) is 4. The Hall–Kier alpha value is -1.23. The van der Waals surface area contributed by atoms with Gasteiger partial charge in [0.1, 0.15) is 0 Å². The molecule has 0 aromatic carbocycles. The lowest BCUT2D eigenvalue weighted by atomic mass is 10.7. The molecule has 1 aromatic heterocycles. The standard InChI is InChI=1S/C4HClN3O2/c5-3-1-6-2-4(7-3)8(9)10/h1H. The fourth-order valence-corrected chi connectivity index (χ4v) is 0.509. The average molecular weight is 159 g/mol.